The average Bonchev–Trinajstić information content (AvgIpc) is 2.95. The number of piperidine rings is 1. The molecule has 45 heavy (non-hydrogen) atoms. The first-order valence-corrected chi connectivity index (χ1v) is 15.9. The molecule has 0 spiro atoms. The molecule has 8 nitrogen and oxygen atoms in total. The lowest BCUT2D eigenvalue weighted by atomic mass is 9.82. The van der Waals surface area contributed by atoms with Crippen LogP contribution < -0.4 is 15.0 Å². The van der Waals surface area contributed by atoms with Gasteiger partial charge in [-0.05, 0) is 84.1 Å². The van der Waals surface area contributed by atoms with E-state index in [1.165, 1.54) is 12.1 Å². The van der Waals surface area contributed by atoms with Crippen molar-refractivity contribution in [2.45, 2.75) is 86.0 Å². The van der Waals surface area contributed by atoms with Crippen molar-refractivity contribution in [3.63, 3.8) is 0 Å². The number of anilines is 2. The van der Waals surface area contributed by atoms with E-state index in [9.17, 15) is 9.18 Å². The van der Waals surface area contributed by atoms with E-state index in [0.29, 0.717) is 17.8 Å². The number of hydrogen-bond donors (Lipinski definition) is 1. The summed E-state index contributed by atoms with van der Waals surface area (Å²) < 4.78 is 31.7. The molecule has 1 aromatic carbocycles. The SMILES string of the molecule is Cc1ncc(-c2ccc(NCCOc3c(F)cccc3Cl)cn2)c(N2CCC(C)(C)CC2)c1[C@H](OC(C)(C)C)C(=O)OC(C)C. The van der Waals surface area contributed by atoms with E-state index in [0.717, 1.165) is 48.6 Å². The van der Waals surface area contributed by atoms with E-state index in [1.807, 2.05) is 59.9 Å². The Balaban J connectivity index is 1.66. The summed E-state index contributed by atoms with van der Waals surface area (Å²) >= 11 is 6.06. The van der Waals surface area contributed by atoms with Crippen LogP contribution in [0.4, 0.5) is 15.8 Å². The van der Waals surface area contributed by atoms with Crippen LogP contribution >= 0.6 is 11.6 Å². The summed E-state index contributed by atoms with van der Waals surface area (Å²) in [6.07, 6.45) is 4.32. The molecule has 3 heterocycles. The summed E-state index contributed by atoms with van der Waals surface area (Å²) in [6, 6.07) is 8.29. The second-order valence-corrected chi connectivity index (χ2v) is 13.9. The monoisotopic (exact) mass is 640 g/mol. The number of ether oxygens (including phenoxy) is 3. The van der Waals surface area contributed by atoms with Crippen LogP contribution in [0.1, 0.15) is 78.7 Å². The van der Waals surface area contributed by atoms with Gasteiger partial charge in [-0.2, -0.15) is 0 Å². The molecule has 1 aliphatic heterocycles. The fraction of sp³-hybridized carbons (Fsp3) is 0.514. The summed E-state index contributed by atoms with van der Waals surface area (Å²) in [5, 5.41) is 3.49. The number of carbonyl (C=O) groups is 1. The lowest BCUT2D eigenvalue weighted by Gasteiger charge is -2.41. The van der Waals surface area contributed by atoms with Gasteiger partial charge >= 0.3 is 5.97 Å². The maximum absolute atomic E-state index is 14.0. The molecule has 244 valence electrons. The number of benzene rings is 1. The summed E-state index contributed by atoms with van der Waals surface area (Å²) in [4.78, 5) is 25.5. The molecule has 1 aliphatic rings. The van der Waals surface area contributed by atoms with Crippen molar-refractivity contribution in [2.75, 3.05) is 36.5 Å². The van der Waals surface area contributed by atoms with Crippen molar-refractivity contribution < 1.29 is 23.4 Å². The molecular weight excluding hydrogens is 595 g/mol. The fourth-order valence-corrected chi connectivity index (χ4v) is 5.50. The van der Waals surface area contributed by atoms with Crippen molar-refractivity contribution in [3.8, 4) is 17.0 Å². The molecule has 2 aromatic heterocycles. The van der Waals surface area contributed by atoms with Crippen molar-refractivity contribution in [1.29, 1.82) is 0 Å². The van der Waals surface area contributed by atoms with Crippen LogP contribution in [0.25, 0.3) is 11.3 Å². The number of halogens is 2. The Morgan fingerprint density at radius 2 is 1.82 bits per heavy atom. The Morgan fingerprint density at radius 1 is 1.11 bits per heavy atom. The molecular formula is C35H46ClFN4O4. The van der Waals surface area contributed by atoms with E-state index in [2.05, 4.69) is 24.1 Å². The molecule has 0 bridgehead atoms. The molecule has 0 saturated carbocycles. The Kier molecular flexibility index (Phi) is 11.0. The molecule has 10 heteroatoms. The van der Waals surface area contributed by atoms with Gasteiger partial charge in [-0.1, -0.05) is 31.5 Å². The molecule has 1 saturated heterocycles. The number of aryl methyl sites for hydroxylation is 1. The summed E-state index contributed by atoms with van der Waals surface area (Å²) in [5.74, 6) is -0.899. The van der Waals surface area contributed by atoms with Gasteiger partial charge in [0.2, 0.25) is 0 Å². The molecule has 1 fully saturated rings. The van der Waals surface area contributed by atoms with E-state index in [1.54, 1.807) is 12.3 Å². The zero-order valence-corrected chi connectivity index (χ0v) is 28.4. The molecule has 0 unspecified atom stereocenters. The van der Waals surface area contributed by atoms with E-state index < -0.39 is 23.5 Å². The van der Waals surface area contributed by atoms with Crippen LogP contribution in [0.15, 0.2) is 42.7 Å². The first-order chi connectivity index (χ1) is 21.1. The number of esters is 1. The van der Waals surface area contributed by atoms with Gasteiger partial charge in [0.15, 0.2) is 17.7 Å². The second kappa shape index (κ2) is 14.3. The van der Waals surface area contributed by atoms with Gasteiger partial charge < -0.3 is 24.4 Å². The molecule has 0 radical (unpaired) electrons. The number of carbonyl (C=O) groups excluding carboxylic acids is 1. The highest BCUT2D eigenvalue weighted by molar-refractivity contribution is 6.32. The maximum atomic E-state index is 14.0. The number of nitrogens with zero attached hydrogens (tertiary/aromatic N) is 3. The van der Waals surface area contributed by atoms with E-state index >= 15 is 0 Å². The van der Waals surface area contributed by atoms with Gasteiger partial charge in [-0.15, -0.1) is 0 Å². The highest BCUT2D eigenvalue weighted by Crippen LogP contribution is 2.43. The lowest BCUT2D eigenvalue weighted by molar-refractivity contribution is -0.171. The lowest BCUT2D eigenvalue weighted by Crippen LogP contribution is -2.39. The highest BCUT2D eigenvalue weighted by Gasteiger charge is 2.37. The third-order valence-electron chi connectivity index (χ3n) is 7.66. The summed E-state index contributed by atoms with van der Waals surface area (Å²) in [5.41, 5.74) is 4.24. The topological polar surface area (TPSA) is 85.8 Å². The third-order valence-corrected chi connectivity index (χ3v) is 7.95. The first kappa shape index (κ1) is 34.4. The smallest absolute Gasteiger partial charge is 0.340 e. The Hall–Kier alpha value is -3.43. The predicted octanol–water partition coefficient (Wildman–Crippen LogP) is 8.17. The van der Waals surface area contributed by atoms with Crippen LogP contribution in [0.2, 0.25) is 5.02 Å². The minimum atomic E-state index is -0.964. The zero-order chi connectivity index (χ0) is 32.9. The van der Waals surface area contributed by atoms with E-state index in [4.69, 9.17) is 35.8 Å². The minimum absolute atomic E-state index is 0.0387. The molecule has 1 atom stereocenters. The first-order valence-electron chi connectivity index (χ1n) is 15.5. The molecule has 0 amide bonds. The van der Waals surface area contributed by atoms with Crippen LogP contribution in [0.5, 0.6) is 5.75 Å². The molecule has 1 N–H and O–H groups in total. The van der Waals surface area contributed by atoms with Crippen LogP contribution in [0.3, 0.4) is 0 Å². The summed E-state index contributed by atoms with van der Waals surface area (Å²) in [7, 11) is 0. The molecule has 0 aliphatic carbocycles. The third kappa shape index (κ3) is 9.07. The largest absolute Gasteiger partial charge is 0.487 e. The van der Waals surface area contributed by atoms with Crippen molar-refractivity contribution in [2.24, 2.45) is 5.41 Å². The number of para-hydroxylation sites is 1. The normalized spacial score (nSPS) is 15.6. The molecule has 4 rings (SSSR count). The zero-order valence-electron chi connectivity index (χ0n) is 27.7. The van der Waals surface area contributed by atoms with Gasteiger partial charge in [0.25, 0.3) is 0 Å². The summed E-state index contributed by atoms with van der Waals surface area (Å²) in [6.45, 7) is 18.2. The number of aromatic nitrogens is 2. The fourth-order valence-electron chi connectivity index (χ4n) is 5.29. The van der Waals surface area contributed by atoms with Crippen molar-refractivity contribution >= 4 is 28.9 Å². The number of hydrogen-bond acceptors (Lipinski definition) is 8. The van der Waals surface area contributed by atoms with Gasteiger partial charge in [-0.25, -0.2) is 9.18 Å². The maximum Gasteiger partial charge on any atom is 0.340 e. The Labute approximate surface area is 271 Å². The number of rotatable bonds is 11. The van der Waals surface area contributed by atoms with Crippen molar-refractivity contribution in [3.05, 3.63) is 64.8 Å². The van der Waals surface area contributed by atoms with Gasteiger partial charge in [0, 0.05) is 42.7 Å². The van der Waals surface area contributed by atoms with Gasteiger partial charge in [0.05, 0.1) is 40.0 Å². The van der Waals surface area contributed by atoms with Crippen LogP contribution in [-0.2, 0) is 14.3 Å². The average molecular weight is 641 g/mol. The standard InChI is InChI=1S/C35H46ClFN4O4/c1-22(2)44-33(42)32(45-34(4,5)6)29-23(3)39-21-25(30(29)41-17-14-35(7,8)15-18-41)28-13-12-24(20-40-28)38-16-19-43-31-26(36)10-9-11-27(31)37/h9-13,20-22,32,38H,14-19H2,1-8H3/t32-/m0/s1. The Bertz CT molecular complexity index is 1440. The van der Waals surface area contributed by atoms with Crippen molar-refractivity contribution in [1.82, 2.24) is 9.97 Å². The van der Waals surface area contributed by atoms with Gasteiger partial charge in [0.1, 0.15) is 6.61 Å². The Morgan fingerprint density at radius 3 is 2.42 bits per heavy atom. The quantitative estimate of drug-likeness (QED) is 0.166. The number of pyridine rings is 2. The predicted molar refractivity (Wildman–Crippen MR) is 178 cm³/mol. The van der Waals surface area contributed by atoms with E-state index in [-0.39, 0.29) is 28.9 Å². The van der Waals surface area contributed by atoms with Gasteiger partial charge in [-0.3, -0.25) is 9.97 Å². The van der Waals surface area contributed by atoms with Crippen LogP contribution in [0, 0.1) is 18.2 Å². The molecule has 3 aromatic rings. The number of nitrogens with one attached hydrogen (secondary N) is 1. The second-order valence-electron chi connectivity index (χ2n) is 13.5. The minimum Gasteiger partial charge on any atom is -0.487 e. The van der Waals surface area contributed by atoms with Crippen LogP contribution in [-0.4, -0.2) is 53.9 Å². The highest BCUT2D eigenvalue weighted by atomic mass is 35.5.